The van der Waals surface area contributed by atoms with Crippen LogP contribution in [-0.2, 0) is 22.6 Å². The maximum atomic E-state index is 14.3. The zero-order valence-electron chi connectivity index (χ0n) is 30.4. The Kier molecular flexibility index (Phi) is 11.4. The number of fused-ring (bicyclic) bond motifs is 1. The Balaban J connectivity index is 1.37. The fourth-order valence-corrected chi connectivity index (χ4v) is 7.72. The smallest absolute Gasteiger partial charge is 0.255 e. The summed E-state index contributed by atoms with van der Waals surface area (Å²) in [6, 6.07) is 25.4. The Morgan fingerprint density at radius 2 is 1.77 bits per heavy atom. The van der Waals surface area contributed by atoms with Gasteiger partial charge in [-0.2, -0.15) is 4.98 Å². The maximum Gasteiger partial charge on any atom is 0.255 e. The number of hydrogen-bond acceptors (Lipinski definition) is 7. The second-order valence-corrected chi connectivity index (χ2v) is 16.0. The molecule has 8 nitrogen and oxygen atoms in total. The number of anilines is 2. The van der Waals surface area contributed by atoms with Crippen LogP contribution in [0.15, 0.2) is 99.8 Å². The third kappa shape index (κ3) is 8.19. The molecule has 11 heteroatoms. The van der Waals surface area contributed by atoms with Crippen molar-refractivity contribution in [2.75, 3.05) is 17.2 Å². The van der Waals surface area contributed by atoms with Crippen molar-refractivity contribution in [2.45, 2.75) is 77.4 Å². The summed E-state index contributed by atoms with van der Waals surface area (Å²) < 4.78 is 15.1. The molecule has 0 bridgehead atoms. The molecule has 2 heterocycles. The molecule has 6 rings (SSSR count). The summed E-state index contributed by atoms with van der Waals surface area (Å²) in [6.07, 6.45) is 0. The molecule has 0 saturated carbocycles. The molecule has 1 atom stereocenters. The van der Waals surface area contributed by atoms with Gasteiger partial charge in [0.15, 0.2) is 11.5 Å². The summed E-state index contributed by atoms with van der Waals surface area (Å²) in [7, 11) is 0. The van der Waals surface area contributed by atoms with Crippen molar-refractivity contribution in [3.05, 3.63) is 133 Å². The summed E-state index contributed by atoms with van der Waals surface area (Å²) in [5, 5.41) is 12.7. The van der Waals surface area contributed by atoms with E-state index >= 15 is 0 Å². The number of aromatic nitrogens is 3. The van der Waals surface area contributed by atoms with E-state index in [1.807, 2.05) is 82.3 Å². The van der Waals surface area contributed by atoms with E-state index in [4.69, 9.17) is 31.2 Å². The Morgan fingerprint density at radius 1 is 1.02 bits per heavy atom. The molecule has 270 valence electrons. The van der Waals surface area contributed by atoms with Gasteiger partial charge in [0, 0.05) is 22.2 Å². The van der Waals surface area contributed by atoms with Gasteiger partial charge in [0.2, 0.25) is 11.1 Å². The number of ether oxygens (including phenoxy) is 2. The zero-order chi connectivity index (χ0) is 37.2. The van der Waals surface area contributed by atoms with E-state index in [0.29, 0.717) is 62.3 Å². The standard InChI is InChI=1S/C41H43BrClN5O3S/c1-8-50-34-21-29(20-31(42)37(34)51-22-27-16-18-30(19-17-27)41(5,6)7)36-35(38(49)45-33-15-11-12-24(2)25(33)3)26(4)44-39-46-40(47-48(36)39)52-23-28-13-9-10-14-32(28)43/h9-21,36H,8,22-23H2,1-7H3,(H,45,49)(H,44,46,47). The summed E-state index contributed by atoms with van der Waals surface area (Å²) >= 11 is 11.7. The molecule has 1 unspecified atom stereocenters. The monoisotopic (exact) mass is 799 g/mol. The normalized spacial score (nSPS) is 14.1. The second kappa shape index (κ2) is 15.8. The van der Waals surface area contributed by atoms with E-state index in [1.165, 1.54) is 17.3 Å². The molecular weight excluding hydrogens is 758 g/mol. The van der Waals surface area contributed by atoms with E-state index in [2.05, 4.69) is 71.6 Å². The van der Waals surface area contributed by atoms with Gasteiger partial charge in [-0.05, 0) is 107 Å². The molecule has 1 aliphatic rings. The number of hydrogen-bond donors (Lipinski definition) is 2. The number of rotatable bonds is 11. The van der Waals surface area contributed by atoms with Gasteiger partial charge in [-0.15, -0.1) is 5.10 Å². The van der Waals surface area contributed by atoms with Crippen LogP contribution in [0.3, 0.4) is 0 Å². The van der Waals surface area contributed by atoms with E-state index in [0.717, 1.165) is 33.5 Å². The Labute approximate surface area is 323 Å². The van der Waals surface area contributed by atoms with Crippen molar-refractivity contribution in [1.29, 1.82) is 0 Å². The Bertz CT molecular complexity index is 2140. The van der Waals surface area contributed by atoms with Gasteiger partial charge in [-0.1, -0.05) is 98.7 Å². The first kappa shape index (κ1) is 37.5. The minimum Gasteiger partial charge on any atom is -0.490 e. The van der Waals surface area contributed by atoms with Crippen LogP contribution in [-0.4, -0.2) is 27.3 Å². The molecule has 0 spiro atoms. The highest BCUT2D eigenvalue weighted by molar-refractivity contribution is 9.10. The topological polar surface area (TPSA) is 90.3 Å². The molecule has 0 fully saturated rings. The number of halogens is 2. The van der Waals surface area contributed by atoms with Crippen LogP contribution in [0.5, 0.6) is 11.5 Å². The van der Waals surface area contributed by atoms with Crippen LogP contribution < -0.4 is 20.1 Å². The van der Waals surface area contributed by atoms with Crippen molar-refractivity contribution in [2.24, 2.45) is 0 Å². The van der Waals surface area contributed by atoms with Gasteiger partial charge in [0.05, 0.1) is 16.7 Å². The van der Waals surface area contributed by atoms with E-state index < -0.39 is 6.04 Å². The van der Waals surface area contributed by atoms with Crippen molar-refractivity contribution in [1.82, 2.24) is 14.8 Å². The largest absolute Gasteiger partial charge is 0.490 e. The highest BCUT2D eigenvalue weighted by Crippen LogP contribution is 2.44. The first-order valence-electron chi connectivity index (χ1n) is 17.2. The molecule has 52 heavy (non-hydrogen) atoms. The number of amides is 1. The number of nitrogens with zero attached hydrogens (tertiary/aromatic N) is 3. The van der Waals surface area contributed by atoms with Crippen LogP contribution >= 0.6 is 39.3 Å². The second-order valence-electron chi connectivity index (χ2n) is 13.8. The Hall–Kier alpha value is -4.25. The van der Waals surface area contributed by atoms with Crippen LogP contribution in [0, 0.1) is 13.8 Å². The van der Waals surface area contributed by atoms with Crippen LogP contribution in [0.25, 0.3) is 0 Å². The average molecular weight is 801 g/mol. The maximum absolute atomic E-state index is 14.3. The van der Waals surface area contributed by atoms with Crippen LogP contribution in [0.4, 0.5) is 11.6 Å². The quantitative estimate of drug-likeness (QED) is 0.129. The fraction of sp³-hybridized carbons (Fsp3) is 0.293. The van der Waals surface area contributed by atoms with Crippen molar-refractivity contribution < 1.29 is 14.3 Å². The van der Waals surface area contributed by atoms with E-state index in [1.54, 1.807) is 4.68 Å². The molecular formula is C41H43BrClN5O3S. The minimum atomic E-state index is -0.641. The number of thioether (sulfide) groups is 1. The molecule has 1 aliphatic heterocycles. The van der Waals surface area contributed by atoms with Crippen molar-refractivity contribution >= 4 is 56.8 Å². The van der Waals surface area contributed by atoms with E-state index in [9.17, 15) is 4.79 Å². The molecule has 0 aliphatic carbocycles. The number of aryl methyl sites for hydroxylation is 1. The molecule has 0 radical (unpaired) electrons. The highest BCUT2D eigenvalue weighted by Gasteiger charge is 2.36. The molecule has 0 saturated heterocycles. The molecule has 2 N–H and O–H groups in total. The van der Waals surface area contributed by atoms with Gasteiger partial charge in [-0.3, -0.25) is 4.79 Å². The third-order valence-electron chi connectivity index (χ3n) is 9.10. The van der Waals surface area contributed by atoms with Gasteiger partial charge < -0.3 is 20.1 Å². The van der Waals surface area contributed by atoms with Gasteiger partial charge in [0.25, 0.3) is 5.91 Å². The average Bonchev–Trinajstić information content (AvgIpc) is 3.51. The third-order valence-corrected chi connectivity index (χ3v) is 10.9. The summed E-state index contributed by atoms with van der Waals surface area (Å²) in [4.78, 5) is 19.2. The zero-order valence-corrected chi connectivity index (χ0v) is 33.6. The lowest BCUT2D eigenvalue weighted by molar-refractivity contribution is -0.113. The lowest BCUT2D eigenvalue weighted by Crippen LogP contribution is -2.31. The fourth-order valence-electron chi connectivity index (χ4n) is 6.03. The SMILES string of the molecule is CCOc1cc(C2C(C(=O)Nc3cccc(C)c3C)=C(C)Nc3nc(SCc4ccccc4Cl)nn32)cc(Br)c1OCc1ccc(C(C)(C)C)cc1. The summed E-state index contributed by atoms with van der Waals surface area (Å²) in [5.74, 6) is 2.00. The van der Waals surface area contributed by atoms with Crippen LogP contribution in [0.2, 0.25) is 5.02 Å². The minimum absolute atomic E-state index is 0.0650. The van der Waals surface area contributed by atoms with Crippen LogP contribution in [0.1, 0.15) is 74.0 Å². The van der Waals surface area contributed by atoms with Gasteiger partial charge in [0.1, 0.15) is 12.6 Å². The predicted molar refractivity (Wildman–Crippen MR) is 215 cm³/mol. The van der Waals surface area contributed by atoms with Crippen molar-refractivity contribution in [3.8, 4) is 11.5 Å². The number of benzene rings is 4. The highest BCUT2D eigenvalue weighted by atomic mass is 79.9. The lowest BCUT2D eigenvalue weighted by Gasteiger charge is -2.29. The molecule has 5 aromatic rings. The van der Waals surface area contributed by atoms with Crippen molar-refractivity contribution in [3.63, 3.8) is 0 Å². The first-order valence-corrected chi connectivity index (χ1v) is 19.4. The number of carbonyl (C=O) groups excluding carboxylic acids is 1. The predicted octanol–water partition coefficient (Wildman–Crippen LogP) is 10.8. The van der Waals surface area contributed by atoms with E-state index in [-0.39, 0.29) is 11.3 Å². The number of nitrogens with one attached hydrogen (secondary N) is 2. The van der Waals surface area contributed by atoms with Gasteiger partial charge >= 0.3 is 0 Å². The molecule has 4 aromatic carbocycles. The summed E-state index contributed by atoms with van der Waals surface area (Å²) in [6.45, 7) is 15.2. The summed E-state index contributed by atoms with van der Waals surface area (Å²) in [5.41, 5.74) is 8.15. The first-order chi connectivity index (χ1) is 24.8. The molecule has 1 aromatic heterocycles. The number of allylic oxidation sites excluding steroid dienone is 1. The lowest BCUT2D eigenvalue weighted by atomic mass is 9.87. The Morgan fingerprint density at radius 3 is 2.48 bits per heavy atom. The number of carbonyl (C=O) groups is 1. The van der Waals surface area contributed by atoms with Gasteiger partial charge in [-0.25, -0.2) is 4.68 Å². The molecule has 1 amide bonds.